The van der Waals surface area contributed by atoms with Gasteiger partial charge in [-0.15, -0.1) is 0 Å². The molecule has 37 heavy (non-hydrogen) atoms. The van der Waals surface area contributed by atoms with E-state index >= 15 is 0 Å². The maximum absolute atomic E-state index is 12.6. The zero-order valence-corrected chi connectivity index (χ0v) is 22.3. The molecule has 0 aromatic heterocycles. The first kappa shape index (κ1) is 24.9. The van der Waals surface area contributed by atoms with Crippen molar-refractivity contribution in [2.45, 2.75) is 0 Å². The summed E-state index contributed by atoms with van der Waals surface area (Å²) in [6, 6.07) is 50.5. The Bertz CT molecular complexity index is 1270. The Morgan fingerprint density at radius 1 is 0.541 bits per heavy atom. The van der Waals surface area contributed by atoms with Gasteiger partial charge in [0.2, 0.25) is 0 Å². The third-order valence-corrected chi connectivity index (χ3v) is 11.3. The van der Waals surface area contributed by atoms with Crippen LogP contribution >= 0.6 is 16.1 Å². The molecule has 0 spiro atoms. The highest BCUT2D eigenvalue weighted by molar-refractivity contribution is 7.90. The van der Waals surface area contributed by atoms with Gasteiger partial charge in [-0.25, -0.2) is 4.79 Å². The fourth-order valence-electron chi connectivity index (χ4n) is 4.21. The number of ether oxygens (including phenoxy) is 1. The molecule has 0 unspecified atom stereocenters. The van der Waals surface area contributed by atoms with Crippen LogP contribution < -0.4 is 25.7 Å². The van der Waals surface area contributed by atoms with Gasteiger partial charge in [-0.05, 0) is 18.2 Å². The summed E-state index contributed by atoms with van der Waals surface area (Å²) in [4.78, 5) is 12.6. The third-order valence-electron chi connectivity index (χ3n) is 5.88. The molecule has 0 aliphatic carbocycles. The first-order valence-electron chi connectivity index (χ1n) is 12.0. The molecular formula is C32H27NO2P2. The molecule has 0 heterocycles. The summed E-state index contributed by atoms with van der Waals surface area (Å²) in [5.74, 6) is -0.339. The first-order chi connectivity index (χ1) is 18.3. The number of nitrogens with zero attached hydrogens (tertiary/aromatic N) is 1. The standard InChI is InChI=1S/C32H27NO2P2/c1-35-32(34)26-15-14-16-27(25-26)33(36(28-17-6-2-7-18-28)29-19-8-3-9-20-29)37(30-21-10-4-11-22-30)31-23-12-5-13-24-31/h2-25H,1H3. The number of esters is 1. The molecular weight excluding hydrogens is 492 g/mol. The van der Waals surface area contributed by atoms with Crippen LogP contribution in [0.4, 0.5) is 5.69 Å². The molecule has 0 amide bonds. The molecule has 5 aromatic carbocycles. The SMILES string of the molecule is COC(=O)c1cccc(N(P(c2ccccc2)c2ccccc2)P(c2ccccc2)c2ccccc2)c1. The molecule has 3 nitrogen and oxygen atoms in total. The average molecular weight is 520 g/mol. The predicted octanol–water partition coefficient (Wildman–Crippen LogP) is 6.38. The molecule has 5 aromatic rings. The molecule has 0 radical (unpaired) electrons. The highest BCUT2D eigenvalue weighted by Gasteiger charge is 2.32. The minimum Gasteiger partial charge on any atom is -0.465 e. The molecule has 0 aliphatic rings. The number of benzene rings is 5. The molecule has 0 N–H and O–H groups in total. The summed E-state index contributed by atoms with van der Waals surface area (Å²) < 4.78 is 7.63. The second kappa shape index (κ2) is 12.0. The first-order valence-corrected chi connectivity index (χ1v) is 14.6. The van der Waals surface area contributed by atoms with Crippen LogP contribution in [-0.4, -0.2) is 13.1 Å². The lowest BCUT2D eigenvalue weighted by Gasteiger charge is -2.40. The second-order valence-corrected chi connectivity index (χ2v) is 12.7. The van der Waals surface area contributed by atoms with Crippen molar-refractivity contribution in [1.82, 2.24) is 0 Å². The molecule has 0 atom stereocenters. The van der Waals surface area contributed by atoms with Gasteiger partial charge in [-0.1, -0.05) is 127 Å². The molecule has 0 aliphatic heterocycles. The highest BCUT2D eigenvalue weighted by atomic mass is 31.2. The van der Waals surface area contributed by atoms with Crippen molar-refractivity contribution >= 4 is 49.0 Å². The van der Waals surface area contributed by atoms with Gasteiger partial charge in [-0.3, -0.25) is 0 Å². The van der Waals surface area contributed by atoms with Crippen molar-refractivity contribution in [1.29, 1.82) is 0 Å². The highest BCUT2D eigenvalue weighted by Crippen LogP contribution is 2.57. The van der Waals surface area contributed by atoms with Crippen LogP contribution in [0, 0.1) is 0 Å². The lowest BCUT2D eigenvalue weighted by molar-refractivity contribution is 0.0601. The van der Waals surface area contributed by atoms with Gasteiger partial charge >= 0.3 is 5.97 Å². The van der Waals surface area contributed by atoms with Gasteiger partial charge in [0.05, 0.1) is 28.8 Å². The number of methoxy groups -OCH3 is 1. The van der Waals surface area contributed by atoms with E-state index in [1.54, 1.807) is 0 Å². The Morgan fingerprint density at radius 3 is 1.27 bits per heavy atom. The van der Waals surface area contributed by atoms with Crippen molar-refractivity contribution in [3.63, 3.8) is 0 Å². The number of anilines is 1. The van der Waals surface area contributed by atoms with Crippen LogP contribution in [0.2, 0.25) is 0 Å². The molecule has 0 saturated carbocycles. The van der Waals surface area contributed by atoms with Crippen molar-refractivity contribution < 1.29 is 9.53 Å². The third kappa shape index (κ3) is 5.65. The van der Waals surface area contributed by atoms with Crippen molar-refractivity contribution in [2.24, 2.45) is 0 Å². The fourth-order valence-corrected chi connectivity index (χ4v) is 10.2. The molecule has 182 valence electrons. The summed E-state index contributed by atoms with van der Waals surface area (Å²) in [7, 11) is -0.581. The Morgan fingerprint density at radius 2 is 0.919 bits per heavy atom. The maximum Gasteiger partial charge on any atom is 0.337 e. The summed E-state index contributed by atoms with van der Waals surface area (Å²) in [5, 5.41) is 4.97. The van der Waals surface area contributed by atoms with Gasteiger partial charge < -0.3 is 9.18 Å². The molecule has 0 saturated heterocycles. The van der Waals surface area contributed by atoms with Gasteiger partial charge in [0, 0.05) is 26.9 Å². The smallest absolute Gasteiger partial charge is 0.337 e. The van der Waals surface area contributed by atoms with E-state index in [-0.39, 0.29) is 5.97 Å². The van der Waals surface area contributed by atoms with Crippen LogP contribution in [0.15, 0.2) is 146 Å². The summed E-state index contributed by atoms with van der Waals surface area (Å²) >= 11 is 0. The van der Waals surface area contributed by atoms with E-state index in [1.807, 2.05) is 18.2 Å². The number of hydrogen-bond donors (Lipinski definition) is 0. The Kier molecular flexibility index (Phi) is 8.06. The summed E-state index contributed by atoms with van der Waals surface area (Å²) in [6.07, 6.45) is 0. The zero-order chi connectivity index (χ0) is 25.5. The number of hydrogen-bond acceptors (Lipinski definition) is 3. The van der Waals surface area contributed by atoms with Gasteiger partial charge in [0.15, 0.2) is 0 Å². The zero-order valence-electron chi connectivity index (χ0n) is 20.5. The van der Waals surface area contributed by atoms with Crippen LogP contribution in [0.5, 0.6) is 0 Å². The molecule has 5 rings (SSSR count). The van der Waals surface area contributed by atoms with Crippen molar-refractivity contribution in [2.75, 3.05) is 11.6 Å². The van der Waals surface area contributed by atoms with E-state index in [0.717, 1.165) is 5.69 Å². The Balaban J connectivity index is 1.81. The molecule has 0 bridgehead atoms. The van der Waals surface area contributed by atoms with Gasteiger partial charge in [-0.2, -0.15) is 0 Å². The summed E-state index contributed by atoms with van der Waals surface area (Å²) in [6.45, 7) is 0. The van der Waals surface area contributed by atoms with Crippen molar-refractivity contribution in [3.05, 3.63) is 151 Å². The van der Waals surface area contributed by atoms with Crippen LogP contribution in [0.1, 0.15) is 10.4 Å². The quantitative estimate of drug-likeness (QED) is 0.176. The topological polar surface area (TPSA) is 29.5 Å². The minimum absolute atomic E-state index is 0.339. The largest absolute Gasteiger partial charge is 0.465 e. The van der Waals surface area contributed by atoms with E-state index < -0.39 is 16.1 Å². The number of carbonyl (C=O) groups excluding carboxylic acids is 1. The van der Waals surface area contributed by atoms with E-state index in [0.29, 0.717) is 5.56 Å². The van der Waals surface area contributed by atoms with Crippen molar-refractivity contribution in [3.8, 4) is 0 Å². The molecule has 0 fully saturated rings. The number of rotatable bonds is 8. The minimum atomic E-state index is -1.00. The lowest BCUT2D eigenvalue weighted by Crippen LogP contribution is -2.31. The molecule has 5 heteroatoms. The monoisotopic (exact) mass is 519 g/mol. The van der Waals surface area contributed by atoms with E-state index in [9.17, 15) is 4.79 Å². The average Bonchev–Trinajstić information content (AvgIpc) is 2.98. The Hall–Kier alpha value is -3.77. The summed E-state index contributed by atoms with van der Waals surface area (Å²) in [5.41, 5.74) is 1.53. The number of carbonyl (C=O) groups is 1. The van der Waals surface area contributed by atoms with Gasteiger partial charge in [0.25, 0.3) is 0 Å². The predicted molar refractivity (Wildman–Crippen MR) is 158 cm³/mol. The van der Waals surface area contributed by atoms with E-state index in [1.165, 1.54) is 28.3 Å². The van der Waals surface area contributed by atoms with Crippen LogP contribution in [-0.2, 0) is 4.74 Å². The maximum atomic E-state index is 12.6. The normalized spacial score (nSPS) is 10.9. The van der Waals surface area contributed by atoms with Gasteiger partial charge in [0.1, 0.15) is 0 Å². The van der Waals surface area contributed by atoms with Crippen LogP contribution in [0.3, 0.4) is 0 Å². The fraction of sp³-hybridized carbons (Fsp3) is 0.0312. The second-order valence-electron chi connectivity index (χ2n) is 8.30. The lowest BCUT2D eigenvalue weighted by atomic mass is 10.2. The Labute approximate surface area is 221 Å². The van der Waals surface area contributed by atoms with E-state index in [4.69, 9.17) is 4.74 Å². The van der Waals surface area contributed by atoms with E-state index in [2.05, 4.69) is 132 Å². The van der Waals surface area contributed by atoms with Crippen LogP contribution in [0.25, 0.3) is 0 Å².